The van der Waals surface area contributed by atoms with Gasteiger partial charge in [-0.05, 0) is 48.7 Å². The van der Waals surface area contributed by atoms with Crippen molar-refractivity contribution in [2.75, 3.05) is 11.5 Å². The Balaban J connectivity index is 1.93. The summed E-state index contributed by atoms with van der Waals surface area (Å²) in [5.41, 5.74) is -0.446. The lowest BCUT2D eigenvalue weighted by atomic mass is 9.99. The summed E-state index contributed by atoms with van der Waals surface area (Å²) in [4.78, 5) is 27.3. The molecule has 0 bridgehead atoms. The lowest BCUT2D eigenvalue weighted by Gasteiger charge is -2.24. The molecule has 0 spiro atoms. The Bertz CT molecular complexity index is 1240. The van der Waals surface area contributed by atoms with Crippen molar-refractivity contribution in [1.29, 1.82) is 0 Å². The van der Waals surface area contributed by atoms with Gasteiger partial charge in [-0.2, -0.15) is 0 Å². The van der Waals surface area contributed by atoms with Crippen molar-refractivity contribution in [2.45, 2.75) is 13.0 Å². The number of hydrogen-bond acceptors (Lipinski definition) is 5. The minimum absolute atomic E-state index is 0.192. The highest BCUT2D eigenvalue weighted by Gasteiger charge is 2.48. The van der Waals surface area contributed by atoms with Crippen molar-refractivity contribution in [1.82, 2.24) is 0 Å². The second kappa shape index (κ2) is 8.72. The lowest BCUT2D eigenvalue weighted by molar-refractivity contribution is -0.132. The summed E-state index contributed by atoms with van der Waals surface area (Å²) in [7, 11) is 0. The fourth-order valence-electron chi connectivity index (χ4n) is 3.54. The van der Waals surface area contributed by atoms with Crippen LogP contribution in [-0.2, 0) is 9.59 Å². The topological polar surface area (TPSA) is 66.8 Å². The van der Waals surface area contributed by atoms with E-state index in [0.717, 1.165) is 23.1 Å². The van der Waals surface area contributed by atoms with Crippen LogP contribution in [0.5, 0.6) is 5.75 Å². The van der Waals surface area contributed by atoms with Gasteiger partial charge in [-0.1, -0.05) is 17.7 Å². The molecule has 1 unspecified atom stereocenters. The summed E-state index contributed by atoms with van der Waals surface area (Å²) in [6.07, 6.45) is 0. The molecule has 1 saturated heterocycles. The smallest absolute Gasteiger partial charge is 0.300 e. The summed E-state index contributed by atoms with van der Waals surface area (Å²) in [6, 6.07) is 9.24. The summed E-state index contributed by atoms with van der Waals surface area (Å²) < 4.78 is 33.9. The predicted octanol–water partition coefficient (Wildman–Crippen LogP) is 5.70. The first-order valence-corrected chi connectivity index (χ1v) is 10.8. The van der Waals surface area contributed by atoms with E-state index in [2.05, 4.69) is 0 Å². The Kier molecular flexibility index (Phi) is 5.99. The molecule has 3 aromatic rings. The van der Waals surface area contributed by atoms with E-state index in [4.69, 9.17) is 16.3 Å². The number of nitrogens with zero attached hydrogens (tertiary/aromatic N) is 1. The van der Waals surface area contributed by atoms with Crippen LogP contribution in [0.4, 0.5) is 14.5 Å². The van der Waals surface area contributed by atoms with Gasteiger partial charge in [0.1, 0.15) is 29.2 Å². The second-order valence-corrected chi connectivity index (χ2v) is 8.24. The minimum Gasteiger partial charge on any atom is -0.507 e. The maximum atomic E-state index is 14.6. The Morgan fingerprint density at radius 3 is 2.66 bits per heavy atom. The molecule has 4 rings (SSSR count). The highest BCUT2D eigenvalue weighted by atomic mass is 35.5. The average Bonchev–Trinajstić information content (AvgIpc) is 3.38. The lowest BCUT2D eigenvalue weighted by Crippen LogP contribution is -2.30. The monoisotopic (exact) mass is 475 g/mol. The molecule has 9 heteroatoms. The van der Waals surface area contributed by atoms with Crippen molar-refractivity contribution in [3.05, 3.63) is 86.6 Å². The summed E-state index contributed by atoms with van der Waals surface area (Å²) >= 11 is 7.32. The van der Waals surface area contributed by atoms with Gasteiger partial charge in [0.25, 0.3) is 11.7 Å². The fourth-order valence-corrected chi connectivity index (χ4v) is 4.54. The van der Waals surface area contributed by atoms with Gasteiger partial charge >= 0.3 is 0 Å². The number of ketones is 1. The summed E-state index contributed by atoms with van der Waals surface area (Å²) in [6.45, 7) is 2.08. The van der Waals surface area contributed by atoms with Crippen LogP contribution in [0.15, 0.2) is 59.5 Å². The molecule has 164 valence electrons. The van der Waals surface area contributed by atoms with E-state index in [1.165, 1.54) is 29.5 Å². The van der Waals surface area contributed by atoms with Crippen LogP contribution < -0.4 is 9.64 Å². The second-order valence-electron chi connectivity index (χ2n) is 6.86. The van der Waals surface area contributed by atoms with E-state index in [1.54, 1.807) is 24.4 Å². The molecule has 2 heterocycles. The van der Waals surface area contributed by atoms with Gasteiger partial charge in [0.15, 0.2) is 0 Å². The number of rotatable bonds is 5. The van der Waals surface area contributed by atoms with E-state index in [0.29, 0.717) is 16.5 Å². The molecule has 1 amide bonds. The molecule has 1 atom stereocenters. The number of carbonyl (C=O) groups excluding carboxylic acids is 2. The van der Waals surface area contributed by atoms with E-state index < -0.39 is 40.8 Å². The molecule has 1 N–H and O–H groups in total. The van der Waals surface area contributed by atoms with Crippen molar-refractivity contribution < 1.29 is 28.2 Å². The average molecular weight is 476 g/mol. The number of Topliss-reactive ketones (excluding diaryl/α,β-unsaturated/α-hetero) is 1. The Morgan fingerprint density at radius 1 is 1.19 bits per heavy atom. The molecule has 0 saturated carbocycles. The number of ether oxygens (including phenoxy) is 1. The Morgan fingerprint density at radius 2 is 1.97 bits per heavy atom. The number of hydrogen-bond donors (Lipinski definition) is 1. The summed E-state index contributed by atoms with van der Waals surface area (Å²) in [5, 5.41) is 13.1. The van der Waals surface area contributed by atoms with Crippen LogP contribution in [0.3, 0.4) is 0 Å². The van der Waals surface area contributed by atoms with E-state index >= 15 is 0 Å². The maximum absolute atomic E-state index is 14.6. The van der Waals surface area contributed by atoms with Crippen LogP contribution in [0.25, 0.3) is 5.76 Å². The molecule has 5 nitrogen and oxygen atoms in total. The number of halogens is 3. The number of thiophene rings is 1. The zero-order valence-corrected chi connectivity index (χ0v) is 18.2. The van der Waals surface area contributed by atoms with Crippen molar-refractivity contribution in [3.63, 3.8) is 0 Å². The van der Waals surface area contributed by atoms with Crippen LogP contribution >= 0.6 is 22.9 Å². The van der Waals surface area contributed by atoms with Crippen LogP contribution in [0.2, 0.25) is 5.02 Å². The number of amides is 1. The highest BCUT2D eigenvalue weighted by Crippen LogP contribution is 2.44. The molecule has 2 aromatic carbocycles. The van der Waals surface area contributed by atoms with Gasteiger partial charge in [-0.15, -0.1) is 11.3 Å². The van der Waals surface area contributed by atoms with E-state index in [1.807, 2.05) is 0 Å². The maximum Gasteiger partial charge on any atom is 0.300 e. The quantitative estimate of drug-likeness (QED) is 0.292. The Hall–Kier alpha value is -3.23. The highest BCUT2D eigenvalue weighted by molar-refractivity contribution is 7.10. The van der Waals surface area contributed by atoms with Gasteiger partial charge in [0, 0.05) is 16.5 Å². The van der Waals surface area contributed by atoms with Crippen LogP contribution in [0, 0.1) is 11.6 Å². The molecule has 1 aliphatic rings. The number of carbonyl (C=O) groups is 2. The van der Waals surface area contributed by atoms with Crippen molar-refractivity contribution in [2.24, 2.45) is 0 Å². The van der Waals surface area contributed by atoms with E-state index in [9.17, 15) is 23.5 Å². The molecule has 0 aliphatic carbocycles. The SMILES string of the molecule is CCOc1cc(/C(O)=C2/C(=O)C(=O)N(c3cc(F)ccc3F)C2c2cccs2)ccc1Cl. The standard InChI is InChI=1S/C23H16ClF2NO4S/c1-2-31-17-10-12(5-7-14(17)24)21(28)19-20(18-4-3-9-32-18)27(23(30)22(19)29)16-11-13(25)6-8-15(16)26/h3-11,20,28H,2H2,1H3/b21-19-. The molecule has 1 aromatic heterocycles. The van der Waals surface area contributed by atoms with Gasteiger partial charge in [-0.3, -0.25) is 14.5 Å². The molecule has 0 radical (unpaired) electrons. The zero-order valence-electron chi connectivity index (χ0n) is 16.6. The van der Waals surface area contributed by atoms with Crippen LogP contribution in [0.1, 0.15) is 23.4 Å². The number of benzene rings is 2. The molecule has 1 fully saturated rings. The van der Waals surface area contributed by atoms with Gasteiger partial charge in [-0.25, -0.2) is 8.78 Å². The largest absolute Gasteiger partial charge is 0.507 e. The third-order valence-corrected chi connectivity index (χ3v) is 6.17. The van der Waals surface area contributed by atoms with E-state index in [-0.39, 0.29) is 16.9 Å². The first kappa shape index (κ1) is 22.0. The van der Waals surface area contributed by atoms with Gasteiger partial charge in [0.05, 0.1) is 22.9 Å². The van der Waals surface area contributed by atoms with Crippen LogP contribution in [-0.4, -0.2) is 23.4 Å². The minimum atomic E-state index is -1.14. The Labute approximate surface area is 191 Å². The van der Waals surface area contributed by atoms with Gasteiger partial charge in [0.2, 0.25) is 0 Å². The summed E-state index contributed by atoms with van der Waals surface area (Å²) in [5.74, 6) is -3.92. The number of aliphatic hydroxyl groups is 1. The molecule has 32 heavy (non-hydrogen) atoms. The number of aliphatic hydroxyl groups excluding tert-OH is 1. The fraction of sp³-hybridized carbons (Fsp3) is 0.130. The third-order valence-electron chi connectivity index (χ3n) is 4.93. The first-order valence-electron chi connectivity index (χ1n) is 9.55. The molecular formula is C23H16ClF2NO4S. The molecular weight excluding hydrogens is 460 g/mol. The third kappa shape index (κ3) is 3.76. The first-order chi connectivity index (χ1) is 15.3. The van der Waals surface area contributed by atoms with Gasteiger partial charge < -0.3 is 9.84 Å². The van der Waals surface area contributed by atoms with Crippen molar-refractivity contribution in [3.8, 4) is 5.75 Å². The van der Waals surface area contributed by atoms with Crippen molar-refractivity contribution >= 4 is 46.1 Å². The number of anilines is 1. The predicted molar refractivity (Wildman–Crippen MR) is 118 cm³/mol. The zero-order chi connectivity index (χ0) is 23.0. The molecule has 1 aliphatic heterocycles. The normalized spacial score (nSPS) is 17.8.